The highest BCUT2D eigenvalue weighted by Crippen LogP contribution is 2.64. The first-order valence-electron chi connectivity index (χ1n) is 12.2. The molecule has 2 aliphatic rings. The lowest BCUT2D eigenvalue weighted by atomic mass is 9.47. The number of likely N-dealkylation sites (tertiary alicyclic amines) is 1. The number of benzene rings is 4. The Labute approximate surface area is 211 Å². The maximum absolute atomic E-state index is 14.8. The van der Waals surface area contributed by atoms with Crippen LogP contribution in [-0.4, -0.2) is 37.5 Å². The molecule has 1 saturated heterocycles. The molecule has 1 heterocycles. The maximum Gasteiger partial charge on any atom is 0.242 e. The Kier molecular flexibility index (Phi) is 5.16. The van der Waals surface area contributed by atoms with Crippen molar-refractivity contribution in [1.29, 1.82) is 0 Å². The van der Waals surface area contributed by atoms with Gasteiger partial charge >= 0.3 is 0 Å². The highest BCUT2D eigenvalue weighted by Gasteiger charge is 2.72. The van der Waals surface area contributed by atoms with Crippen LogP contribution in [0.3, 0.4) is 0 Å². The first-order valence-corrected chi connectivity index (χ1v) is 12.2. The molecule has 1 fully saturated rings. The van der Waals surface area contributed by atoms with Gasteiger partial charge in [-0.25, -0.2) is 0 Å². The molecule has 0 spiro atoms. The summed E-state index contributed by atoms with van der Waals surface area (Å²) in [5, 5.41) is 0. The Morgan fingerprint density at radius 3 is 1.89 bits per heavy atom. The quantitative estimate of drug-likeness (QED) is 0.369. The fourth-order valence-corrected chi connectivity index (χ4v) is 6.78. The zero-order chi connectivity index (χ0) is 24.9. The summed E-state index contributed by atoms with van der Waals surface area (Å²) in [7, 11) is 3.28. The molecular formula is C32H27NO3. The van der Waals surface area contributed by atoms with Crippen molar-refractivity contribution in [3.63, 3.8) is 0 Å². The van der Waals surface area contributed by atoms with Crippen LogP contribution in [0.2, 0.25) is 0 Å². The van der Waals surface area contributed by atoms with Crippen molar-refractivity contribution in [3.05, 3.63) is 131 Å². The topological polar surface area (TPSA) is 46.6 Å². The number of likely N-dealkylation sites (N-methyl/N-ethyl adjacent to an activating group) is 1. The molecule has 6 rings (SSSR count). The third kappa shape index (κ3) is 2.68. The van der Waals surface area contributed by atoms with E-state index in [1.54, 1.807) is 14.2 Å². The summed E-state index contributed by atoms with van der Waals surface area (Å²) < 4.78 is 6.01. The van der Waals surface area contributed by atoms with E-state index in [4.69, 9.17) is 4.74 Å². The van der Waals surface area contributed by atoms with E-state index >= 15 is 0 Å². The molecule has 1 aliphatic heterocycles. The average molecular weight is 474 g/mol. The first-order chi connectivity index (χ1) is 17.6. The summed E-state index contributed by atoms with van der Waals surface area (Å²) in [5.74, 6) is -1.09. The summed E-state index contributed by atoms with van der Waals surface area (Å²) >= 11 is 0. The normalized spacial score (nSPS) is 20.6. The minimum Gasteiger partial charge on any atom is -0.383 e. The van der Waals surface area contributed by atoms with E-state index in [2.05, 4.69) is 36.4 Å². The molecule has 36 heavy (non-hydrogen) atoms. The first kappa shape index (κ1) is 22.4. The predicted molar refractivity (Wildman–Crippen MR) is 140 cm³/mol. The van der Waals surface area contributed by atoms with Crippen LogP contribution >= 0.6 is 0 Å². The van der Waals surface area contributed by atoms with Crippen LogP contribution in [0.15, 0.2) is 109 Å². The molecule has 2 amide bonds. The van der Waals surface area contributed by atoms with Crippen LogP contribution in [0.5, 0.6) is 0 Å². The Hall–Kier alpha value is -4.02. The van der Waals surface area contributed by atoms with Gasteiger partial charge in [-0.1, -0.05) is 109 Å². The second-order valence-corrected chi connectivity index (χ2v) is 9.65. The number of amides is 2. The van der Waals surface area contributed by atoms with E-state index in [1.807, 2.05) is 72.8 Å². The molecule has 178 valence electrons. The highest BCUT2D eigenvalue weighted by atomic mass is 16.5. The number of carbonyl (C=O) groups is 2. The van der Waals surface area contributed by atoms with Crippen molar-refractivity contribution in [2.24, 2.45) is 0 Å². The van der Waals surface area contributed by atoms with Crippen LogP contribution in [0.25, 0.3) is 11.1 Å². The van der Waals surface area contributed by atoms with E-state index in [-0.39, 0.29) is 18.4 Å². The fourth-order valence-electron chi connectivity index (χ4n) is 6.78. The van der Waals surface area contributed by atoms with E-state index < -0.39 is 16.7 Å². The van der Waals surface area contributed by atoms with Crippen molar-refractivity contribution in [2.45, 2.75) is 16.7 Å². The van der Waals surface area contributed by atoms with Crippen LogP contribution in [0.4, 0.5) is 0 Å². The molecule has 1 aliphatic carbocycles. The molecular weight excluding hydrogens is 446 g/mol. The van der Waals surface area contributed by atoms with Gasteiger partial charge in [-0.05, 0) is 33.4 Å². The van der Waals surface area contributed by atoms with E-state index in [0.717, 1.165) is 33.4 Å². The molecule has 2 atom stereocenters. The van der Waals surface area contributed by atoms with Crippen molar-refractivity contribution >= 4 is 11.8 Å². The molecule has 4 nitrogen and oxygen atoms in total. The minimum absolute atomic E-state index is 0.186. The largest absolute Gasteiger partial charge is 0.383 e. The lowest BCUT2D eigenvalue weighted by Gasteiger charge is -2.52. The number of hydrogen-bond donors (Lipinski definition) is 0. The molecule has 4 aromatic rings. The van der Waals surface area contributed by atoms with Crippen LogP contribution in [-0.2, 0) is 25.2 Å². The van der Waals surface area contributed by atoms with Gasteiger partial charge in [-0.3, -0.25) is 14.5 Å². The molecule has 2 unspecified atom stereocenters. The van der Waals surface area contributed by atoms with Crippen molar-refractivity contribution in [3.8, 4) is 11.1 Å². The number of hydrogen-bond acceptors (Lipinski definition) is 3. The highest BCUT2D eigenvalue weighted by molar-refractivity contribution is 6.16. The van der Waals surface area contributed by atoms with Crippen LogP contribution < -0.4 is 0 Å². The Bertz CT molecular complexity index is 1420. The number of ether oxygens (including phenoxy) is 1. The molecule has 0 N–H and O–H groups in total. The summed E-state index contributed by atoms with van der Waals surface area (Å²) in [4.78, 5) is 30.2. The SMILES string of the molecule is COCC(c1ccccc1)(c1ccccc1)C12C(=O)N(C)C(=O)C1c1ccccc1-c1ccccc12. The van der Waals surface area contributed by atoms with Crippen LogP contribution in [0.1, 0.15) is 28.2 Å². The summed E-state index contributed by atoms with van der Waals surface area (Å²) in [6, 6.07) is 36.2. The van der Waals surface area contributed by atoms with Gasteiger partial charge < -0.3 is 4.74 Å². The third-order valence-corrected chi connectivity index (χ3v) is 8.13. The lowest BCUT2D eigenvalue weighted by Crippen LogP contribution is -2.60. The fraction of sp³-hybridized carbons (Fsp3) is 0.188. The summed E-state index contributed by atoms with van der Waals surface area (Å²) in [6.07, 6.45) is 0. The molecule has 0 bridgehead atoms. The molecule has 4 aromatic carbocycles. The standard InChI is InChI=1S/C32H27NO3/c1-33-29(34)28-26-19-10-9-17-24(26)25-18-11-12-20-27(25)32(28,30(33)35)31(21-36-2,22-13-5-3-6-14-22)23-15-7-4-8-16-23/h3-20,28H,21H2,1-2H3. The van der Waals surface area contributed by atoms with E-state index in [0.29, 0.717) is 0 Å². The van der Waals surface area contributed by atoms with Crippen molar-refractivity contribution < 1.29 is 14.3 Å². The second kappa shape index (κ2) is 8.28. The predicted octanol–water partition coefficient (Wildman–Crippen LogP) is 5.32. The molecule has 0 radical (unpaired) electrons. The Morgan fingerprint density at radius 2 is 1.28 bits per heavy atom. The number of methoxy groups -OCH3 is 1. The number of carbonyl (C=O) groups excluding carboxylic acids is 2. The zero-order valence-electron chi connectivity index (χ0n) is 20.3. The van der Waals surface area contributed by atoms with Gasteiger partial charge in [-0.2, -0.15) is 0 Å². The Balaban J connectivity index is 1.85. The van der Waals surface area contributed by atoms with Gasteiger partial charge in [0.1, 0.15) is 5.41 Å². The van der Waals surface area contributed by atoms with Crippen molar-refractivity contribution in [2.75, 3.05) is 20.8 Å². The molecule has 0 saturated carbocycles. The average Bonchev–Trinajstić information content (AvgIpc) is 3.15. The summed E-state index contributed by atoms with van der Waals surface area (Å²) in [6.45, 7) is 0.223. The maximum atomic E-state index is 14.8. The molecule has 4 heteroatoms. The van der Waals surface area contributed by atoms with E-state index in [9.17, 15) is 9.59 Å². The van der Waals surface area contributed by atoms with Gasteiger partial charge in [0.05, 0.1) is 17.9 Å². The van der Waals surface area contributed by atoms with Gasteiger partial charge in [0.2, 0.25) is 11.8 Å². The van der Waals surface area contributed by atoms with Gasteiger partial charge in [0, 0.05) is 14.2 Å². The smallest absolute Gasteiger partial charge is 0.242 e. The molecule has 0 aromatic heterocycles. The van der Waals surface area contributed by atoms with Crippen molar-refractivity contribution in [1.82, 2.24) is 4.90 Å². The zero-order valence-corrected chi connectivity index (χ0v) is 20.3. The van der Waals surface area contributed by atoms with E-state index in [1.165, 1.54) is 4.90 Å². The van der Waals surface area contributed by atoms with Gasteiger partial charge in [0.15, 0.2) is 0 Å². The van der Waals surface area contributed by atoms with Crippen LogP contribution in [0, 0.1) is 0 Å². The Morgan fingerprint density at radius 1 is 0.750 bits per heavy atom. The second-order valence-electron chi connectivity index (χ2n) is 9.65. The number of fused-ring (bicyclic) bond motifs is 6. The van der Waals surface area contributed by atoms with Gasteiger partial charge in [-0.15, -0.1) is 0 Å². The summed E-state index contributed by atoms with van der Waals surface area (Å²) in [5.41, 5.74) is 3.37. The van der Waals surface area contributed by atoms with Gasteiger partial charge in [0.25, 0.3) is 0 Å². The monoisotopic (exact) mass is 473 g/mol. The number of nitrogens with zero attached hydrogens (tertiary/aromatic N) is 1. The third-order valence-electron chi connectivity index (χ3n) is 8.13. The number of rotatable bonds is 5. The number of imide groups is 1. The minimum atomic E-state index is -1.25. The lowest BCUT2D eigenvalue weighted by molar-refractivity contribution is -0.139.